The van der Waals surface area contributed by atoms with Crippen LogP contribution in [-0.2, 0) is 4.74 Å². The van der Waals surface area contributed by atoms with Crippen LogP contribution in [-0.4, -0.2) is 37.2 Å². The van der Waals surface area contributed by atoms with Crippen molar-refractivity contribution in [1.82, 2.24) is 10.4 Å². The van der Waals surface area contributed by atoms with Crippen molar-refractivity contribution in [2.45, 2.75) is 4.90 Å². The molecule has 0 aromatic heterocycles. The van der Waals surface area contributed by atoms with Gasteiger partial charge in [-0.1, -0.05) is 0 Å². The zero-order valence-electron chi connectivity index (χ0n) is 9.15. The molecule has 1 aliphatic rings. The molecule has 1 saturated heterocycles. The van der Waals surface area contributed by atoms with Crippen LogP contribution < -0.4 is 5.43 Å². The Morgan fingerprint density at radius 1 is 1.41 bits per heavy atom. The number of carbonyl (C=O) groups is 1. The molecule has 4 nitrogen and oxygen atoms in total. The van der Waals surface area contributed by atoms with Gasteiger partial charge in [0.25, 0.3) is 5.91 Å². The first-order valence-corrected chi connectivity index (χ1v) is 5.74. The standard InChI is InChI=1S/C11H13FN2O2S/c12-10-2-1-8(17)7-9(10)11(15)13-14-3-5-16-6-4-14/h1-2,7,17H,3-6H2,(H,13,15). The van der Waals surface area contributed by atoms with Gasteiger partial charge in [0.05, 0.1) is 18.8 Å². The molecule has 2 rings (SSSR count). The van der Waals surface area contributed by atoms with Gasteiger partial charge in [0.15, 0.2) is 0 Å². The molecule has 0 bridgehead atoms. The van der Waals surface area contributed by atoms with Crippen LogP contribution in [0.3, 0.4) is 0 Å². The van der Waals surface area contributed by atoms with Crippen molar-refractivity contribution in [1.29, 1.82) is 0 Å². The van der Waals surface area contributed by atoms with E-state index in [1.807, 2.05) is 0 Å². The van der Waals surface area contributed by atoms with E-state index in [0.29, 0.717) is 31.2 Å². The van der Waals surface area contributed by atoms with Crippen molar-refractivity contribution < 1.29 is 13.9 Å². The minimum atomic E-state index is -0.548. The van der Waals surface area contributed by atoms with Gasteiger partial charge in [-0.15, -0.1) is 12.6 Å². The summed E-state index contributed by atoms with van der Waals surface area (Å²) in [5.74, 6) is -1.01. The molecule has 1 aromatic rings. The summed E-state index contributed by atoms with van der Waals surface area (Å²) < 4.78 is 18.6. The Kier molecular flexibility index (Phi) is 3.98. The summed E-state index contributed by atoms with van der Waals surface area (Å²) in [6.45, 7) is 2.34. The monoisotopic (exact) mass is 256 g/mol. The number of nitrogens with zero attached hydrogens (tertiary/aromatic N) is 1. The fourth-order valence-electron chi connectivity index (χ4n) is 1.57. The third-order valence-corrected chi connectivity index (χ3v) is 2.74. The highest BCUT2D eigenvalue weighted by Crippen LogP contribution is 2.13. The second-order valence-electron chi connectivity index (χ2n) is 3.70. The lowest BCUT2D eigenvalue weighted by molar-refractivity contribution is 0.0125. The van der Waals surface area contributed by atoms with Crippen molar-refractivity contribution in [2.24, 2.45) is 0 Å². The average Bonchev–Trinajstić information content (AvgIpc) is 2.33. The van der Waals surface area contributed by atoms with Gasteiger partial charge >= 0.3 is 0 Å². The Morgan fingerprint density at radius 3 is 2.82 bits per heavy atom. The first kappa shape index (κ1) is 12.3. The molecular formula is C11H13FN2O2S. The van der Waals surface area contributed by atoms with Crippen molar-refractivity contribution >= 4 is 18.5 Å². The lowest BCUT2D eigenvalue weighted by Gasteiger charge is -2.26. The molecule has 92 valence electrons. The molecule has 1 fully saturated rings. The molecule has 0 aliphatic carbocycles. The summed E-state index contributed by atoms with van der Waals surface area (Å²) in [6, 6.07) is 4.15. The summed E-state index contributed by atoms with van der Waals surface area (Å²) in [5.41, 5.74) is 2.65. The molecule has 1 heterocycles. The van der Waals surface area contributed by atoms with Gasteiger partial charge in [-0.2, -0.15) is 0 Å². The van der Waals surface area contributed by atoms with Gasteiger partial charge in [0.1, 0.15) is 5.82 Å². The van der Waals surface area contributed by atoms with Crippen LogP contribution >= 0.6 is 12.6 Å². The molecule has 0 spiro atoms. The topological polar surface area (TPSA) is 41.6 Å². The molecule has 1 amide bonds. The second kappa shape index (κ2) is 5.48. The Bertz CT molecular complexity index is 422. The largest absolute Gasteiger partial charge is 0.379 e. The quantitative estimate of drug-likeness (QED) is 0.778. The number of nitrogens with one attached hydrogen (secondary N) is 1. The number of morpholine rings is 1. The van der Waals surface area contributed by atoms with Crippen LogP contribution in [0, 0.1) is 5.82 Å². The first-order valence-electron chi connectivity index (χ1n) is 5.29. The van der Waals surface area contributed by atoms with Crippen molar-refractivity contribution in [3.63, 3.8) is 0 Å². The Balaban J connectivity index is 2.05. The third-order valence-electron chi connectivity index (χ3n) is 2.47. The van der Waals surface area contributed by atoms with Crippen LogP contribution in [0.2, 0.25) is 0 Å². The Morgan fingerprint density at radius 2 is 2.12 bits per heavy atom. The molecule has 1 aliphatic heterocycles. The zero-order valence-corrected chi connectivity index (χ0v) is 10.0. The van der Waals surface area contributed by atoms with Crippen molar-refractivity contribution in [3.8, 4) is 0 Å². The molecule has 6 heteroatoms. The minimum Gasteiger partial charge on any atom is -0.379 e. The molecule has 17 heavy (non-hydrogen) atoms. The van der Waals surface area contributed by atoms with Crippen LogP contribution in [0.1, 0.15) is 10.4 Å². The van der Waals surface area contributed by atoms with Crippen LogP contribution in [0.4, 0.5) is 4.39 Å². The summed E-state index contributed by atoms with van der Waals surface area (Å²) in [7, 11) is 0. The Hall–Kier alpha value is -1.11. The molecule has 1 N–H and O–H groups in total. The lowest BCUT2D eigenvalue weighted by atomic mass is 10.2. The van der Waals surface area contributed by atoms with Gasteiger partial charge < -0.3 is 4.74 Å². The van der Waals surface area contributed by atoms with Crippen LogP contribution in [0.25, 0.3) is 0 Å². The highest BCUT2D eigenvalue weighted by molar-refractivity contribution is 7.80. The number of hydrazine groups is 1. The molecule has 0 atom stereocenters. The maximum Gasteiger partial charge on any atom is 0.268 e. The van der Waals surface area contributed by atoms with E-state index in [0.717, 1.165) is 0 Å². The maximum atomic E-state index is 13.4. The van der Waals surface area contributed by atoms with Crippen LogP contribution in [0.5, 0.6) is 0 Å². The number of ether oxygens (including phenoxy) is 1. The molecule has 0 radical (unpaired) electrons. The van der Waals surface area contributed by atoms with E-state index in [9.17, 15) is 9.18 Å². The van der Waals surface area contributed by atoms with Gasteiger partial charge in [0, 0.05) is 18.0 Å². The van der Waals surface area contributed by atoms with E-state index in [1.54, 1.807) is 5.01 Å². The predicted octanol–water partition coefficient (Wildman–Crippen LogP) is 1.09. The molecule has 1 aromatic carbocycles. The normalized spacial score (nSPS) is 16.8. The number of benzene rings is 1. The number of amides is 1. The summed E-state index contributed by atoms with van der Waals surface area (Å²) in [5, 5.41) is 1.72. The van der Waals surface area contributed by atoms with Crippen LogP contribution in [0.15, 0.2) is 23.1 Å². The van der Waals surface area contributed by atoms with Gasteiger partial charge in [-0.25, -0.2) is 9.40 Å². The maximum absolute atomic E-state index is 13.4. The first-order chi connectivity index (χ1) is 8.16. The lowest BCUT2D eigenvalue weighted by Crippen LogP contribution is -2.48. The molecular weight excluding hydrogens is 243 g/mol. The van der Waals surface area contributed by atoms with Gasteiger partial charge in [-0.3, -0.25) is 10.2 Å². The zero-order chi connectivity index (χ0) is 12.3. The van der Waals surface area contributed by atoms with Gasteiger partial charge in [-0.05, 0) is 18.2 Å². The number of hydrogen-bond donors (Lipinski definition) is 2. The number of hydrogen-bond acceptors (Lipinski definition) is 4. The average molecular weight is 256 g/mol. The van der Waals surface area contributed by atoms with E-state index < -0.39 is 11.7 Å². The van der Waals surface area contributed by atoms with E-state index in [1.165, 1.54) is 18.2 Å². The van der Waals surface area contributed by atoms with Gasteiger partial charge in [0.2, 0.25) is 0 Å². The fourth-order valence-corrected chi connectivity index (χ4v) is 1.77. The molecule has 0 saturated carbocycles. The van der Waals surface area contributed by atoms with E-state index in [4.69, 9.17) is 4.74 Å². The Labute approximate surface area is 104 Å². The smallest absolute Gasteiger partial charge is 0.268 e. The van der Waals surface area contributed by atoms with E-state index in [-0.39, 0.29) is 5.56 Å². The minimum absolute atomic E-state index is 0.00370. The fraction of sp³-hybridized carbons (Fsp3) is 0.364. The number of carbonyl (C=O) groups excluding carboxylic acids is 1. The number of halogens is 1. The van der Waals surface area contributed by atoms with Crippen molar-refractivity contribution in [2.75, 3.05) is 26.3 Å². The summed E-state index contributed by atoms with van der Waals surface area (Å²) in [6.07, 6.45) is 0. The molecule has 0 unspecified atom stereocenters. The third kappa shape index (κ3) is 3.18. The highest BCUT2D eigenvalue weighted by Gasteiger charge is 2.17. The van der Waals surface area contributed by atoms with E-state index >= 15 is 0 Å². The number of rotatable bonds is 2. The SMILES string of the molecule is O=C(NN1CCOCC1)c1cc(S)ccc1F. The predicted molar refractivity (Wildman–Crippen MR) is 63.5 cm³/mol. The summed E-state index contributed by atoms with van der Waals surface area (Å²) in [4.78, 5) is 12.4. The van der Waals surface area contributed by atoms with E-state index in [2.05, 4.69) is 18.1 Å². The highest BCUT2D eigenvalue weighted by atomic mass is 32.1. The second-order valence-corrected chi connectivity index (χ2v) is 4.22. The number of thiol groups is 1. The van der Waals surface area contributed by atoms with Crippen molar-refractivity contribution in [3.05, 3.63) is 29.6 Å². The summed E-state index contributed by atoms with van der Waals surface area (Å²) >= 11 is 4.08.